The molecule has 0 bridgehead atoms. The Morgan fingerprint density at radius 2 is 2.03 bits per heavy atom. The van der Waals surface area contributed by atoms with Crippen LogP contribution in [0.3, 0.4) is 0 Å². The average Bonchev–Trinajstić information content (AvgIpc) is 3.37. The average molecular weight is 445 g/mol. The molecule has 0 amide bonds. The van der Waals surface area contributed by atoms with Gasteiger partial charge in [-0.25, -0.2) is 22.7 Å². The normalized spacial score (nSPS) is 19.2. The van der Waals surface area contributed by atoms with Gasteiger partial charge in [-0.3, -0.25) is 0 Å². The molecular formula is C20H18F3N7S. The van der Waals surface area contributed by atoms with Crippen molar-refractivity contribution < 1.29 is 13.2 Å². The molecule has 0 aliphatic carbocycles. The van der Waals surface area contributed by atoms with Crippen LogP contribution in [0.25, 0.3) is 16.8 Å². The van der Waals surface area contributed by atoms with Gasteiger partial charge in [-0.1, -0.05) is 6.07 Å². The number of benzene rings is 1. The molecule has 1 fully saturated rings. The number of piperidine rings is 1. The standard InChI is InChI=1S/C20H18F3N7S/c1-11-24-20(31-28-11)29-8-6-17(16(23)10-29)25-19-26-18-13(3-2-7-30(18)27-19)12-4-5-14(21)15(22)9-12/h2-5,7,9,16-17H,6,8,10H2,1H3,(H,25,27). The fourth-order valence-corrected chi connectivity index (χ4v) is 4.39. The first-order chi connectivity index (χ1) is 15.0. The quantitative estimate of drug-likeness (QED) is 0.514. The molecule has 5 rings (SSSR count). The third kappa shape index (κ3) is 3.80. The summed E-state index contributed by atoms with van der Waals surface area (Å²) in [4.78, 5) is 10.7. The molecule has 4 aromatic rings. The van der Waals surface area contributed by atoms with Crippen LogP contribution in [0, 0.1) is 18.6 Å². The Kier molecular flexibility index (Phi) is 4.97. The van der Waals surface area contributed by atoms with Crippen molar-refractivity contribution in [3.05, 3.63) is 54.0 Å². The Labute approximate surface area is 179 Å². The minimum atomic E-state index is -1.14. The first-order valence-corrected chi connectivity index (χ1v) is 10.5. The summed E-state index contributed by atoms with van der Waals surface area (Å²) in [5.74, 6) is -0.886. The second kappa shape index (κ2) is 7.80. The summed E-state index contributed by atoms with van der Waals surface area (Å²) in [5, 5.41) is 8.18. The van der Waals surface area contributed by atoms with Gasteiger partial charge in [-0.05, 0) is 43.2 Å². The molecule has 0 spiro atoms. The van der Waals surface area contributed by atoms with E-state index in [1.54, 1.807) is 18.3 Å². The number of pyridine rings is 1. The maximum atomic E-state index is 14.9. The molecule has 1 N–H and O–H groups in total. The number of nitrogens with one attached hydrogen (secondary N) is 1. The number of hydrogen-bond acceptors (Lipinski definition) is 7. The van der Waals surface area contributed by atoms with Gasteiger partial charge < -0.3 is 10.2 Å². The first kappa shape index (κ1) is 19.7. The van der Waals surface area contributed by atoms with E-state index < -0.39 is 23.8 Å². The number of fused-ring (bicyclic) bond motifs is 1. The minimum absolute atomic E-state index is 0.208. The lowest BCUT2D eigenvalue weighted by Gasteiger charge is -2.34. The fourth-order valence-electron chi connectivity index (χ4n) is 3.68. The molecule has 0 radical (unpaired) electrons. The Hall–Kier alpha value is -3.21. The van der Waals surface area contributed by atoms with Crippen molar-refractivity contribution in [1.29, 1.82) is 0 Å². The van der Waals surface area contributed by atoms with E-state index in [2.05, 4.69) is 24.8 Å². The largest absolute Gasteiger partial charge is 0.347 e. The van der Waals surface area contributed by atoms with Crippen molar-refractivity contribution >= 4 is 28.3 Å². The Morgan fingerprint density at radius 1 is 1.16 bits per heavy atom. The molecule has 1 saturated heterocycles. The number of aryl methyl sites for hydroxylation is 1. The van der Waals surface area contributed by atoms with Crippen LogP contribution in [-0.4, -0.2) is 49.3 Å². The van der Waals surface area contributed by atoms with E-state index in [0.717, 1.165) is 17.3 Å². The first-order valence-electron chi connectivity index (χ1n) is 9.74. The van der Waals surface area contributed by atoms with Gasteiger partial charge in [0, 0.05) is 29.8 Å². The van der Waals surface area contributed by atoms with Crippen molar-refractivity contribution in [2.75, 3.05) is 23.3 Å². The molecule has 3 aromatic heterocycles. The van der Waals surface area contributed by atoms with Crippen LogP contribution in [0.15, 0.2) is 36.5 Å². The van der Waals surface area contributed by atoms with Crippen LogP contribution in [0.5, 0.6) is 0 Å². The highest BCUT2D eigenvalue weighted by molar-refractivity contribution is 7.09. The van der Waals surface area contributed by atoms with Crippen molar-refractivity contribution in [2.45, 2.75) is 25.6 Å². The van der Waals surface area contributed by atoms with Crippen LogP contribution >= 0.6 is 11.5 Å². The molecule has 31 heavy (non-hydrogen) atoms. The van der Waals surface area contributed by atoms with Crippen LogP contribution < -0.4 is 10.2 Å². The summed E-state index contributed by atoms with van der Waals surface area (Å²) in [5.41, 5.74) is 1.54. The van der Waals surface area contributed by atoms with E-state index in [1.807, 2.05) is 11.8 Å². The zero-order valence-corrected chi connectivity index (χ0v) is 17.3. The Morgan fingerprint density at radius 3 is 2.77 bits per heavy atom. The molecular weight excluding hydrogens is 427 g/mol. The second-order valence-electron chi connectivity index (χ2n) is 7.38. The zero-order valence-electron chi connectivity index (χ0n) is 16.5. The molecule has 1 aromatic carbocycles. The smallest absolute Gasteiger partial charge is 0.243 e. The fraction of sp³-hybridized carbons (Fsp3) is 0.300. The highest BCUT2D eigenvalue weighted by Gasteiger charge is 2.31. The van der Waals surface area contributed by atoms with Crippen LogP contribution in [-0.2, 0) is 0 Å². The SMILES string of the molecule is Cc1nsc(N2CCC(Nc3nc4c(-c5ccc(F)c(F)c5)cccn4n3)C(F)C2)n1. The molecule has 1 aliphatic heterocycles. The lowest BCUT2D eigenvalue weighted by Crippen LogP contribution is -2.48. The summed E-state index contributed by atoms with van der Waals surface area (Å²) < 4.78 is 47.6. The topological polar surface area (TPSA) is 71.2 Å². The van der Waals surface area contributed by atoms with E-state index in [1.165, 1.54) is 22.1 Å². The monoisotopic (exact) mass is 445 g/mol. The molecule has 7 nitrogen and oxygen atoms in total. The molecule has 11 heteroatoms. The number of aromatic nitrogens is 5. The van der Waals surface area contributed by atoms with Crippen molar-refractivity contribution in [3.8, 4) is 11.1 Å². The molecule has 2 atom stereocenters. The number of hydrogen-bond donors (Lipinski definition) is 1. The molecule has 1 aliphatic rings. The number of anilines is 2. The molecule has 4 heterocycles. The predicted octanol–water partition coefficient (Wildman–Crippen LogP) is 3.86. The van der Waals surface area contributed by atoms with Gasteiger partial charge in [0.25, 0.3) is 0 Å². The van der Waals surface area contributed by atoms with E-state index in [-0.39, 0.29) is 12.5 Å². The number of halogens is 3. The number of rotatable bonds is 4. The van der Waals surface area contributed by atoms with E-state index in [4.69, 9.17) is 0 Å². The maximum absolute atomic E-state index is 14.9. The third-order valence-corrected chi connectivity index (χ3v) is 6.10. The van der Waals surface area contributed by atoms with E-state index in [0.29, 0.717) is 35.6 Å². The predicted molar refractivity (Wildman–Crippen MR) is 112 cm³/mol. The summed E-state index contributed by atoms with van der Waals surface area (Å²) in [6, 6.07) is 6.72. The second-order valence-corrected chi connectivity index (χ2v) is 8.11. The van der Waals surface area contributed by atoms with E-state index in [9.17, 15) is 13.2 Å². The highest BCUT2D eigenvalue weighted by atomic mass is 32.1. The van der Waals surface area contributed by atoms with Gasteiger partial charge in [-0.2, -0.15) is 9.36 Å². The summed E-state index contributed by atoms with van der Waals surface area (Å²) in [6.07, 6.45) is 1.10. The van der Waals surface area contributed by atoms with Crippen LogP contribution in [0.4, 0.5) is 24.3 Å². The van der Waals surface area contributed by atoms with Crippen LogP contribution in [0.1, 0.15) is 12.2 Å². The number of nitrogens with zero attached hydrogens (tertiary/aromatic N) is 6. The summed E-state index contributed by atoms with van der Waals surface area (Å²) in [7, 11) is 0. The van der Waals surface area contributed by atoms with Gasteiger partial charge in [0.15, 0.2) is 17.3 Å². The lowest BCUT2D eigenvalue weighted by atomic mass is 10.0. The number of alkyl halides is 1. The molecule has 2 unspecified atom stereocenters. The van der Waals surface area contributed by atoms with Crippen LogP contribution in [0.2, 0.25) is 0 Å². The zero-order chi connectivity index (χ0) is 21.5. The van der Waals surface area contributed by atoms with Crippen molar-refractivity contribution in [1.82, 2.24) is 24.0 Å². The Bertz CT molecular complexity index is 1240. The van der Waals surface area contributed by atoms with Gasteiger partial charge in [-0.15, -0.1) is 5.10 Å². The maximum Gasteiger partial charge on any atom is 0.243 e. The highest BCUT2D eigenvalue weighted by Crippen LogP contribution is 2.27. The van der Waals surface area contributed by atoms with Gasteiger partial charge in [0.05, 0.1) is 12.6 Å². The summed E-state index contributed by atoms with van der Waals surface area (Å²) in [6.45, 7) is 2.66. The van der Waals surface area contributed by atoms with Gasteiger partial charge in [0.2, 0.25) is 11.1 Å². The van der Waals surface area contributed by atoms with Gasteiger partial charge in [0.1, 0.15) is 12.0 Å². The summed E-state index contributed by atoms with van der Waals surface area (Å²) >= 11 is 1.27. The van der Waals surface area contributed by atoms with Crippen molar-refractivity contribution in [3.63, 3.8) is 0 Å². The Balaban J connectivity index is 1.36. The van der Waals surface area contributed by atoms with E-state index >= 15 is 0 Å². The lowest BCUT2D eigenvalue weighted by molar-refractivity contribution is 0.263. The molecule has 0 saturated carbocycles. The van der Waals surface area contributed by atoms with Crippen molar-refractivity contribution in [2.24, 2.45) is 0 Å². The molecule has 160 valence electrons. The van der Waals surface area contributed by atoms with Gasteiger partial charge >= 0.3 is 0 Å². The third-order valence-electron chi connectivity index (χ3n) is 5.24. The minimum Gasteiger partial charge on any atom is -0.347 e.